The van der Waals surface area contributed by atoms with Crippen molar-refractivity contribution in [3.05, 3.63) is 183 Å². The van der Waals surface area contributed by atoms with Gasteiger partial charge in [0.15, 0.2) is 11.3 Å². The number of aromatic carboxylic acids is 3. The Morgan fingerprint density at radius 2 is 1.61 bits per heavy atom. The molecule has 6 aliphatic heterocycles. The number of aryl methyl sites for hydroxylation is 1. The first-order chi connectivity index (χ1) is 40.3. The molecule has 2 atom stereocenters. The zero-order valence-corrected chi connectivity index (χ0v) is 49.4. The third kappa shape index (κ3) is 9.74. The standard InChI is InChI=1S/C62H53Cl2N3O16S2/c1-28-10-12-33-46(18-28)80-54-34(47(33)32-13-11-29(58(70)71)19-39(32)59(72)73)14-15-45(68)43(54)25-65-57(69)42-22-44(63)49(50(51(42)64)60(74)75)48-40-20-37-30(26-84-83-82-76)23-61(2,3)66-16-6-8-35(52(37)66)55(40)81-56-36-9-7-17-67-53(36)38(21-41(48)56)31(24-62(67,4)5)27-85(77,78)79/h10-15,18-24,34,47H,6-9,16-17,25-27H2,1-5H3,(H5-,65,69,70,71,72,73,74,75,76,77,78,79)/p+1. The van der Waals surface area contributed by atoms with Crippen LogP contribution in [-0.4, -0.2) is 105 Å². The highest BCUT2D eigenvalue weighted by Gasteiger charge is 2.46. The highest BCUT2D eigenvalue weighted by molar-refractivity contribution is 7.95. The summed E-state index contributed by atoms with van der Waals surface area (Å²) < 4.78 is 56.9. The van der Waals surface area contributed by atoms with Gasteiger partial charge in [0.25, 0.3) is 16.0 Å². The van der Waals surface area contributed by atoms with Crippen LogP contribution in [0.4, 0.5) is 5.69 Å². The fourth-order valence-corrected chi connectivity index (χ4v) is 15.3. The molecule has 5 aromatic rings. The average molecular weight is 1230 g/mol. The molecule has 6 heterocycles. The van der Waals surface area contributed by atoms with Crippen molar-refractivity contribution in [2.75, 3.05) is 36.0 Å². The summed E-state index contributed by atoms with van der Waals surface area (Å²) in [6, 6.07) is 14.0. The molecule has 7 aliphatic rings. The molecule has 1 amide bonds. The van der Waals surface area contributed by atoms with E-state index in [0.29, 0.717) is 88.9 Å². The predicted octanol–water partition coefficient (Wildman–Crippen LogP) is 9.21. The van der Waals surface area contributed by atoms with Gasteiger partial charge < -0.3 is 35.0 Å². The Morgan fingerprint density at radius 3 is 2.33 bits per heavy atom. The fourth-order valence-electron chi connectivity index (χ4n) is 13.6. The van der Waals surface area contributed by atoms with Crippen molar-refractivity contribution in [1.82, 2.24) is 9.89 Å². The molecule has 0 saturated heterocycles. The number of allylic oxidation sites excluding steroid dienone is 2. The van der Waals surface area contributed by atoms with Crippen molar-refractivity contribution in [3.8, 4) is 17.2 Å². The molecule has 23 heteroatoms. The van der Waals surface area contributed by atoms with Crippen LogP contribution >= 0.6 is 35.2 Å². The zero-order chi connectivity index (χ0) is 60.5. The second-order valence-corrected chi connectivity index (χ2v) is 26.0. The SMILES string of the molecule is Cc1ccc2c(c1)OC1=C(CNC(=O)c3cc(Cl)c(C4=c5cc6c7c(c5Oc5c4cc4c8c5CCCN8C(C)(C)C=C4CSOOO)CCC[N+]=7C(C)(C)C=C6CS(=O)(=O)O)c(C(=O)O)c3Cl)C(=O)C=CC1C2c1ccc(C(=O)O)cc1C(=O)O. The summed E-state index contributed by atoms with van der Waals surface area (Å²) in [5, 5.41) is 47.8. The maximum absolute atomic E-state index is 14.8. The molecular formula is C62H54Cl2N3O16S2+. The fraction of sp³-hybridized carbons (Fsp3) is 0.290. The van der Waals surface area contributed by atoms with Gasteiger partial charge in [-0.1, -0.05) is 58.6 Å². The van der Waals surface area contributed by atoms with E-state index in [4.69, 9.17) is 42.3 Å². The molecule has 0 fully saturated rings. The smallest absolute Gasteiger partial charge is 0.337 e. The van der Waals surface area contributed by atoms with Crippen LogP contribution in [0.1, 0.15) is 138 Å². The lowest BCUT2D eigenvalue weighted by Gasteiger charge is -2.47. The maximum atomic E-state index is 14.8. The van der Waals surface area contributed by atoms with Gasteiger partial charge in [-0.15, -0.1) is 4.33 Å². The van der Waals surface area contributed by atoms with Gasteiger partial charge in [0.2, 0.25) is 5.36 Å². The first-order valence-electron chi connectivity index (χ1n) is 27.2. The minimum absolute atomic E-state index is 0.0199. The molecule has 1 aliphatic carbocycles. The van der Waals surface area contributed by atoms with E-state index in [2.05, 4.69) is 39.8 Å². The largest absolute Gasteiger partial charge is 0.478 e. The molecular weight excluding hydrogens is 1180 g/mol. The number of nitrogens with one attached hydrogen (secondary N) is 1. The van der Waals surface area contributed by atoms with E-state index in [9.17, 15) is 52.3 Å². The molecule has 5 aromatic carbocycles. The number of anilines is 1. The van der Waals surface area contributed by atoms with E-state index in [1.54, 1.807) is 30.4 Å². The number of rotatable bonds is 14. The Morgan fingerprint density at radius 1 is 0.859 bits per heavy atom. The summed E-state index contributed by atoms with van der Waals surface area (Å²) in [7, 11) is -4.61. The Labute approximate surface area is 500 Å². The number of amides is 1. The van der Waals surface area contributed by atoms with Crippen molar-refractivity contribution < 1.29 is 76.4 Å². The third-order valence-electron chi connectivity index (χ3n) is 17.0. The topological polar surface area (TPSA) is 276 Å². The number of carbonyl (C=O) groups excluding carboxylic acids is 2. The molecule has 2 unspecified atom stereocenters. The summed E-state index contributed by atoms with van der Waals surface area (Å²) in [6.07, 6.45) is 9.11. The number of carboxylic acid groups (broad SMARTS) is 3. The van der Waals surface area contributed by atoms with Crippen LogP contribution in [0.3, 0.4) is 0 Å². The Bertz CT molecular complexity index is 4320. The molecule has 438 valence electrons. The van der Waals surface area contributed by atoms with E-state index in [0.717, 1.165) is 51.6 Å². The molecule has 0 radical (unpaired) electrons. The van der Waals surface area contributed by atoms with Crippen molar-refractivity contribution in [1.29, 1.82) is 0 Å². The second-order valence-electron chi connectivity index (χ2n) is 23.1. The van der Waals surface area contributed by atoms with Gasteiger partial charge in [-0.3, -0.25) is 14.1 Å². The molecule has 0 aromatic heterocycles. The van der Waals surface area contributed by atoms with Gasteiger partial charge in [-0.2, -0.15) is 8.42 Å². The first kappa shape index (κ1) is 57.8. The summed E-state index contributed by atoms with van der Waals surface area (Å²) >= 11 is 15.6. The highest BCUT2D eigenvalue weighted by Crippen LogP contribution is 2.55. The van der Waals surface area contributed by atoms with Crippen LogP contribution in [-0.2, 0) is 37.1 Å². The zero-order valence-electron chi connectivity index (χ0n) is 46.2. The number of carboxylic acids is 3. The van der Waals surface area contributed by atoms with Crippen molar-refractivity contribution in [2.45, 2.75) is 77.3 Å². The van der Waals surface area contributed by atoms with Gasteiger partial charge in [-0.05, 0) is 111 Å². The summed E-state index contributed by atoms with van der Waals surface area (Å²) in [6.45, 7) is 10.7. The predicted molar refractivity (Wildman–Crippen MR) is 316 cm³/mol. The quantitative estimate of drug-likeness (QED) is 0.0148. The number of ether oxygens (including phenoxy) is 2. The number of hydrogen-bond acceptors (Lipinski definition) is 14. The minimum Gasteiger partial charge on any atom is -0.478 e. The summed E-state index contributed by atoms with van der Waals surface area (Å²) in [5.74, 6) is -6.76. The molecule has 0 spiro atoms. The normalized spacial score (nSPS) is 19.2. The van der Waals surface area contributed by atoms with Gasteiger partial charge in [0, 0.05) is 95.1 Å². The monoisotopic (exact) mass is 1230 g/mol. The van der Waals surface area contributed by atoms with E-state index in [-0.39, 0.29) is 55.5 Å². The van der Waals surface area contributed by atoms with Gasteiger partial charge >= 0.3 is 17.9 Å². The van der Waals surface area contributed by atoms with Crippen molar-refractivity contribution in [2.24, 2.45) is 5.92 Å². The van der Waals surface area contributed by atoms with Gasteiger partial charge in [0.05, 0.1) is 66.8 Å². The molecule has 12 rings (SSSR count). The van der Waals surface area contributed by atoms with Crippen molar-refractivity contribution >= 4 is 97.4 Å². The minimum atomic E-state index is -4.61. The summed E-state index contributed by atoms with van der Waals surface area (Å²) in [5.41, 5.74) is 4.08. The average Bonchev–Trinajstić information content (AvgIpc) is 0.784. The highest BCUT2D eigenvalue weighted by atomic mass is 35.5. The number of benzene rings is 5. The molecule has 6 N–H and O–H groups in total. The van der Waals surface area contributed by atoms with Crippen LogP contribution in [0.25, 0.3) is 16.7 Å². The Kier molecular flexibility index (Phi) is 14.4. The molecule has 0 saturated carbocycles. The number of carbonyl (C=O) groups is 5. The third-order valence-corrected chi connectivity index (χ3v) is 19.0. The summed E-state index contributed by atoms with van der Waals surface area (Å²) in [4.78, 5) is 70.0. The number of ketones is 1. The van der Waals surface area contributed by atoms with E-state index in [1.807, 2.05) is 32.9 Å². The van der Waals surface area contributed by atoms with Gasteiger partial charge in [0.1, 0.15) is 35.3 Å². The lowest BCUT2D eigenvalue weighted by molar-refractivity contribution is -0.432. The van der Waals surface area contributed by atoms with Gasteiger partial charge in [-0.25, -0.2) is 24.2 Å². The Balaban J connectivity index is 1.04. The van der Waals surface area contributed by atoms with E-state index >= 15 is 0 Å². The molecule has 0 bridgehead atoms. The van der Waals surface area contributed by atoms with Crippen molar-refractivity contribution in [3.63, 3.8) is 0 Å². The van der Waals surface area contributed by atoms with Crippen LogP contribution in [0, 0.1) is 12.8 Å². The van der Waals surface area contributed by atoms with Crippen LogP contribution < -0.4 is 34.8 Å². The second kappa shape index (κ2) is 21.1. The lowest BCUT2D eigenvalue weighted by atomic mass is 9.73. The number of halogens is 2. The lowest BCUT2D eigenvalue weighted by Crippen LogP contribution is -2.53. The maximum Gasteiger partial charge on any atom is 0.337 e. The van der Waals surface area contributed by atoms with Crippen LogP contribution in [0.2, 0.25) is 10.0 Å². The van der Waals surface area contributed by atoms with E-state index in [1.165, 1.54) is 24.3 Å². The number of nitrogens with zero attached hydrogens (tertiary/aromatic N) is 2. The molecule has 85 heavy (non-hydrogen) atoms. The van der Waals surface area contributed by atoms with Crippen LogP contribution in [0.5, 0.6) is 17.2 Å². The molecule has 19 nitrogen and oxygen atoms in total. The number of hydrogen-bond donors (Lipinski definition) is 6. The first-order valence-corrected chi connectivity index (χ1v) is 30.4. The Hall–Kier alpha value is -7.60. The van der Waals surface area contributed by atoms with E-state index < -0.39 is 85.5 Å². The number of fused-ring (bicyclic) bond motifs is 6. The van der Waals surface area contributed by atoms with Crippen LogP contribution in [0.15, 0.2) is 90.2 Å².